The number of carboxylic acid groups (broad SMARTS) is 1. The van der Waals surface area contributed by atoms with Crippen LogP contribution in [0.15, 0.2) is 42.5 Å². The molecule has 1 N–H and O–H groups in total. The predicted octanol–water partition coefficient (Wildman–Crippen LogP) is 3.32. The summed E-state index contributed by atoms with van der Waals surface area (Å²) in [7, 11) is 0. The van der Waals surface area contributed by atoms with Gasteiger partial charge in [-0.25, -0.2) is 0 Å². The number of fused-ring (bicyclic) bond motifs is 1. The van der Waals surface area contributed by atoms with E-state index in [0.717, 1.165) is 19.4 Å². The van der Waals surface area contributed by atoms with Crippen LogP contribution in [0.1, 0.15) is 31.7 Å². The van der Waals surface area contributed by atoms with Crippen LogP contribution in [-0.2, 0) is 11.3 Å². The van der Waals surface area contributed by atoms with E-state index in [1.54, 1.807) is 0 Å². The summed E-state index contributed by atoms with van der Waals surface area (Å²) >= 11 is 0. The van der Waals surface area contributed by atoms with Gasteiger partial charge in [-0.1, -0.05) is 49.4 Å². The molecule has 3 unspecified atom stereocenters. The van der Waals surface area contributed by atoms with Gasteiger partial charge < -0.3 is 5.11 Å². The van der Waals surface area contributed by atoms with E-state index in [2.05, 4.69) is 36.1 Å². The third kappa shape index (κ3) is 2.40. The van der Waals surface area contributed by atoms with Gasteiger partial charge in [-0.15, -0.1) is 0 Å². The number of carbonyl (C=O) groups is 1. The van der Waals surface area contributed by atoms with Crippen molar-refractivity contribution < 1.29 is 9.90 Å². The van der Waals surface area contributed by atoms with Crippen molar-refractivity contribution in [1.82, 2.24) is 4.90 Å². The monoisotopic (exact) mass is 285 g/mol. The number of hydrogen-bond donors (Lipinski definition) is 1. The van der Waals surface area contributed by atoms with Crippen LogP contribution in [0.2, 0.25) is 0 Å². The van der Waals surface area contributed by atoms with E-state index < -0.39 is 11.4 Å². The lowest BCUT2D eigenvalue weighted by Gasteiger charge is -2.33. The summed E-state index contributed by atoms with van der Waals surface area (Å²) in [5.74, 6) is -0.375. The number of benzene rings is 1. The minimum absolute atomic E-state index is 0.244. The maximum absolute atomic E-state index is 12.0. The highest BCUT2D eigenvalue weighted by Crippen LogP contribution is 2.49. The van der Waals surface area contributed by atoms with E-state index in [-0.39, 0.29) is 5.92 Å². The Morgan fingerprint density at radius 2 is 2.10 bits per heavy atom. The molecule has 1 aromatic carbocycles. The molecule has 1 aliphatic carbocycles. The molecule has 3 rings (SSSR count). The van der Waals surface area contributed by atoms with Crippen LogP contribution >= 0.6 is 0 Å². The number of allylic oxidation sites excluding steroid dienone is 2. The van der Waals surface area contributed by atoms with Gasteiger partial charge in [0.2, 0.25) is 0 Å². The maximum atomic E-state index is 12.0. The van der Waals surface area contributed by atoms with Gasteiger partial charge in [-0.05, 0) is 30.7 Å². The summed E-state index contributed by atoms with van der Waals surface area (Å²) in [6.45, 7) is 3.70. The third-order valence-corrected chi connectivity index (χ3v) is 5.24. The third-order valence-electron chi connectivity index (χ3n) is 5.24. The van der Waals surface area contributed by atoms with Gasteiger partial charge in [0.25, 0.3) is 0 Å². The average Bonchev–Trinajstić information content (AvgIpc) is 2.82. The van der Waals surface area contributed by atoms with Gasteiger partial charge >= 0.3 is 5.97 Å². The van der Waals surface area contributed by atoms with E-state index in [9.17, 15) is 9.90 Å². The molecule has 0 bridgehead atoms. The SMILES string of the molecule is CCC1C2CC=CCC2(C(=O)O)CN1Cc1ccccc1. The molecule has 3 heteroatoms. The van der Waals surface area contributed by atoms with Crippen molar-refractivity contribution >= 4 is 5.97 Å². The highest BCUT2D eigenvalue weighted by atomic mass is 16.4. The highest BCUT2D eigenvalue weighted by molar-refractivity contribution is 5.76. The Morgan fingerprint density at radius 3 is 2.76 bits per heavy atom. The fraction of sp³-hybridized carbons (Fsp3) is 0.500. The molecule has 1 fully saturated rings. The molecule has 1 aromatic rings. The normalized spacial score (nSPS) is 32.0. The van der Waals surface area contributed by atoms with Crippen molar-refractivity contribution in [2.24, 2.45) is 11.3 Å². The quantitative estimate of drug-likeness (QED) is 0.863. The summed E-state index contributed by atoms with van der Waals surface area (Å²) in [5, 5.41) is 9.84. The molecule has 2 aliphatic rings. The molecule has 0 radical (unpaired) electrons. The molecule has 3 atom stereocenters. The number of likely N-dealkylation sites (tertiary alicyclic amines) is 1. The second kappa shape index (κ2) is 5.64. The van der Waals surface area contributed by atoms with Crippen molar-refractivity contribution in [2.75, 3.05) is 6.54 Å². The fourth-order valence-corrected chi connectivity index (χ4v) is 4.20. The maximum Gasteiger partial charge on any atom is 0.311 e. The first kappa shape index (κ1) is 14.3. The number of aliphatic carboxylic acids is 1. The molecule has 0 aromatic heterocycles. The van der Waals surface area contributed by atoms with Crippen molar-refractivity contribution in [3.8, 4) is 0 Å². The Hall–Kier alpha value is -1.61. The van der Waals surface area contributed by atoms with Crippen molar-refractivity contribution in [3.05, 3.63) is 48.0 Å². The zero-order valence-corrected chi connectivity index (χ0v) is 12.5. The highest BCUT2D eigenvalue weighted by Gasteiger charge is 2.56. The second-order valence-electron chi connectivity index (χ2n) is 6.35. The Bertz CT molecular complexity index is 539. The number of rotatable bonds is 4. The van der Waals surface area contributed by atoms with Gasteiger partial charge in [0, 0.05) is 19.1 Å². The largest absolute Gasteiger partial charge is 0.481 e. The molecule has 3 nitrogen and oxygen atoms in total. The smallest absolute Gasteiger partial charge is 0.311 e. The van der Waals surface area contributed by atoms with Crippen LogP contribution in [0.4, 0.5) is 0 Å². The van der Waals surface area contributed by atoms with Crippen molar-refractivity contribution in [2.45, 2.75) is 38.8 Å². The number of carboxylic acids is 1. The summed E-state index contributed by atoms with van der Waals surface area (Å²) in [6.07, 6.45) is 6.81. The van der Waals surface area contributed by atoms with Gasteiger partial charge in [-0.2, -0.15) is 0 Å². The van der Waals surface area contributed by atoms with Gasteiger partial charge in [0.05, 0.1) is 5.41 Å². The Labute approximate surface area is 126 Å². The number of hydrogen-bond acceptors (Lipinski definition) is 2. The van der Waals surface area contributed by atoms with Gasteiger partial charge in [-0.3, -0.25) is 9.69 Å². The molecular formula is C18H23NO2. The molecule has 0 spiro atoms. The van der Waals surface area contributed by atoms with E-state index >= 15 is 0 Å². The Kier molecular flexibility index (Phi) is 3.85. The summed E-state index contributed by atoms with van der Waals surface area (Å²) in [5.41, 5.74) is 0.688. The fourth-order valence-electron chi connectivity index (χ4n) is 4.20. The first-order valence-corrected chi connectivity index (χ1v) is 7.84. The lowest BCUT2D eigenvalue weighted by molar-refractivity contribution is -0.150. The van der Waals surface area contributed by atoms with Crippen LogP contribution in [0, 0.1) is 11.3 Å². The first-order chi connectivity index (χ1) is 10.2. The van der Waals surface area contributed by atoms with Crippen LogP contribution in [0.5, 0.6) is 0 Å². The minimum atomic E-state index is -0.620. The molecule has 1 heterocycles. The van der Waals surface area contributed by atoms with Crippen LogP contribution < -0.4 is 0 Å². The van der Waals surface area contributed by atoms with E-state index in [4.69, 9.17) is 0 Å². The molecule has 1 saturated heterocycles. The van der Waals surface area contributed by atoms with Gasteiger partial charge in [0.15, 0.2) is 0 Å². The lowest BCUT2D eigenvalue weighted by atomic mass is 9.68. The molecule has 112 valence electrons. The first-order valence-electron chi connectivity index (χ1n) is 7.84. The summed E-state index contributed by atoms with van der Waals surface area (Å²) in [6, 6.07) is 10.7. The number of nitrogens with zero attached hydrogens (tertiary/aromatic N) is 1. The predicted molar refractivity (Wildman–Crippen MR) is 82.9 cm³/mol. The lowest BCUT2D eigenvalue weighted by Crippen LogP contribution is -2.40. The zero-order valence-electron chi connectivity index (χ0n) is 12.5. The van der Waals surface area contributed by atoms with E-state index in [1.807, 2.05) is 18.2 Å². The second-order valence-corrected chi connectivity index (χ2v) is 6.35. The van der Waals surface area contributed by atoms with Crippen LogP contribution in [0.25, 0.3) is 0 Å². The zero-order chi connectivity index (χ0) is 14.9. The summed E-state index contributed by atoms with van der Waals surface area (Å²) in [4.78, 5) is 14.3. The molecule has 21 heavy (non-hydrogen) atoms. The van der Waals surface area contributed by atoms with Gasteiger partial charge in [0.1, 0.15) is 0 Å². The van der Waals surface area contributed by atoms with Crippen molar-refractivity contribution in [3.63, 3.8) is 0 Å². The molecule has 0 saturated carbocycles. The minimum Gasteiger partial charge on any atom is -0.481 e. The molecule has 0 amide bonds. The van der Waals surface area contributed by atoms with E-state index in [1.165, 1.54) is 5.56 Å². The standard InChI is InChI=1S/C18H23NO2/c1-2-16-15-10-6-7-11-18(15,17(20)21)13-19(16)12-14-8-4-3-5-9-14/h3-9,15-16H,2,10-13H2,1H3,(H,20,21). The summed E-state index contributed by atoms with van der Waals surface area (Å²) < 4.78 is 0. The van der Waals surface area contributed by atoms with Crippen LogP contribution in [-0.4, -0.2) is 28.6 Å². The average molecular weight is 285 g/mol. The Balaban J connectivity index is 1.88. The van der Waals surface area contributed by atoms with Crippen LogP contribution in [0.3, 0.4) is 0 Å². The Morgan fingerprint density at radius 1 is 1.33 bits per heavy atom. The molecule has 1 aliphatic heterocycles. The van der Waals surface area contributed by atoms with Crippen molar-refractivity contribution in [1.29, 1.82) is 0 Å². The van der Waals surface area contributed by atoms with E-state index in [0.29, 0.717) is 19.0 Å². The molecular weight excluding hydrogens is 262 g/mol. The topological polar surface area (TPSA) is 40.5 Å².